The van der Waals surface area contributed by atoms with Gasteiger partial charge in [-0.25, -0.2) is 0 Å². The van der Waals surface area contributed by atoms with Gasteiger partial charge < -0.3 is 59.6 Å². The van der Waals surface area contributed by atoms with Crippen LogP contribution in [0.15, 0.2) is 0 Å². The van der Waals surface area contributed by atoms with E-state index in [0.29, 0.717) is 0 Å². The Labute approximate surface area is 469 Å². The van der Waals surface area contributed by atoms with Crippen molar-refractivity contribution in [3.05, 3.63) is 0 Å². The van der Waals surface area contributed by atoms with E-state index in [2.05, 4.69) is 154 Å². The predicted octanol–water partition coefficient (Wildman–Crippen LogP) is 6.02. The lowest BCUT2D eigenvalue weighted by Crippen LogP contribution is -2.53. The van der Waals surface area contributed by atoms with Crippen LogP contribution in [0.25, 0.3) is 0 Å². The second-order valence-electron chi connectivity index (χ2n) is 25.3. The summed E-state index contributed by atoms with van der Waals surface area (Å²) in [7, 11) is 21.9. The normalized spacial score (nSPS) is 28.2. The van der Waals surface area contributed by atoms with Crippen LogP contribution < -0.4 is 10.6 Å². The molecule has 14 heteroatoms. The van der Waals surface area contributed by atoms with Crippen LogP contribution in [-0.2, 0) is 0 Å². The minimum absolute atomic E-state index is 0. The molecular weight excluding hydrogens is 929 g/mol. The lowest BCUT2D eigenvalue weighted by Gasteiger charge is -2.42. The van der Waals surface area contributed by atoms with E-state index in [1.807, 2.05) is 0 Å². The summed E-state index contributed by atoms with van der Waals surface area (Å²) in [6.07, 6.45) is 22.6. The Balaban J connectivity index is 0.000000290. The highest BCUT2D eigenvalue weighted by Crippen LogP contribution is 2.21. The topological polar surface area (TPSA) is 62.9 Å². The smallest absolute Gasteiger partial charge is 0.0224 e. The van der Waals surface area contributed by atoms with Crippen molar-refractivity contribution < 1.29 is 0 Å². The molecule has 0 spiro atoms. The van der Waals surface area contributed by atoms with Crippen LogP contribution >= 0.6 is 0 Å². The van der Waals surface area contributed by atoms with Gasteiger partial charge in [-0.3, -0.25) is 9.80 Å². The molecule has 75 heavy (non-hydrogen) atoms. The Hall–Kier alpha value is -0.560. The Kier molecular flexibility index (Phi) is 41.5. The zero-order chi connectivity index (χ0) is 53.8. The summed E-state index contributed by atoms with van der Waals surface area (Å²) in [4.78, 5) is 29.2. The average molecular weight is 1060 g/mol. The standard InChI is InChI=1S/C9H18N2.C8H16N2.C7H15N.3C6H14N2.3C6H13N.CH4/c1-10-6-7-11-5-3-2-4-9(11)8-10;1-9-5-6-10-4-2-3-8(10)7-9;3*1-7-3-5-8(2)6-4-7;1-8-5-2-3-7-4-6-8;1-6-2-4-7-5-3-6;2*1-7-5-3-2-4-6-7;/h9H,2-8H2,1H3;8H,2-7H2,1H3;7H,3-6H2,1-2H3;2*3-6H2,1-2H3;7H,2-6H2,1H3;6-7H,2-5H2,1H3;2*2-6H2,1H3;1H4. The molecule has 2 N–H and O–H groups in total. The molecule has 0 amide bonds. The van der Waals surface area contributed by atoms with E-state index < -0.39 is 0 Å². The third-order valence-corrected chi connectivity index (χ3v) is 17.6. The number of likely N-dealkylation sites (tertiary alicyclic amines) is 3. The Morgan fingerprint density at radius 2 is 0.560 bits per heavy atom. The highest BCUT2D eigenvalue weighted by Gasteiger charge is 2.29. The van der Waals surface area contributed by atoms with Gasteiger partial charge in [0.25, 0.3) is 0 Å². The van der Waals surface area contributed by atoms with Crippen LogP contribution in [0.3, 0.4) is 0 Å². The summed E-state index contributed by atoms with van der Waals surface area (Å²) in [5.74, 6) is 1.95. The van der Waals surface area contributed by atoms with Gasteiger partial charge in [-0.2, -0.15) is 0 Å². The first-order valence-corrected chi connectivity index (χ1v) is 31.4. The molecule has 11 heterocycles. The van der Waals surface area contributed by atoms with E-state index in [4.69, 9.17) is 0 Å². The molecular formula is C61H134N14. The zero-order valence-electron chi connectivity index (χ0n) is 51.8. The number of nitrogens with one attached hydrogen (secondary N) is 2. The van der Waals surface area contributed by atoms with Crippen LogP contribution in [0.2, 0.25) is 0 Å². The lowest BCUT2D eigenvalue weighted by molar-refractivity contribution is 0.0623. The van der Waals surface area contributed by atoms with Crippen molar-refractivity contribution in [3.8, 4) is 0 Å². The van der Waals surface area contributed by atoms with Gasteiger partial charge in [0.15, 0.2) is 0 Å². The third-order valence-electron chi connectivity index (χ3n) is 17.6. The van der Waals surface area contributed by atoms with Crippen LogP contribution in [0.1, 0.15) is 124 Å². The largest absolute Gasteiger partial charge is 0.317 e. The van der Waals surface area contributed by atoms with Crippen LogP contribution in [0.5, 0.6) is 0 Å². The van der Waals surface area contributed by atoms with E-state index in [-0.39, 0.29) is 7.43 Å². The number of hydrogen-bond donors (Lipinski definition) is 2. The maximum atomic E-state index is 3.34. The van der Waals surface area contributed by atoms with Crippen molar-refractivity contribution in [1.29, 1.82) is 0 Å². The maximum absolute atomic E-state index is 3.34. The quantitative estimate of drug-likeness (QED) is 0.298. The van der Waals surface area contributed by atoms with Gasteiger partial charge >= 0.3 is 0 Å². The minimum Gasteiger partial charge on any atom is -0.317 e. The molecule has 11 fully saturated rings. The van der Waals surface area contributed by atoms with Gasteiger partial charge in [0.05, 0.1) is 0 Å². The molecule has 0 saturated carbocycles. The summed E-state index contributed by atoms with van der Waals surface area (Å²) < 4.78 is 0. The van der Waals surface area contributed by atoms with Crippen LogP contribution in [0.4, 0.5) is 0 Å². The zero-order valence-corrected chi connectivity index (χ0v) is 51.8. The molecule has 14 nitrogen and oxygen atoms in total. The third kappa shape index (κ3) is 36.4. The fourth-order valence-corrected chi connectivity index (χ4v) is 11.5. The van der Waals surface area contributed by atoms with Crippen molar-refractivity contribution >= 4 is 0 Å². The Morgan fingerprint density at radius 1 is 0.240 bits per heavy atom. The number of hydrogen-bond acceptors (Lipinski definition) is 14. The monoisotopic (exact) mass is 1060 g/mol. The first-order valence-electron chi connectivity index (χ1n) is 31.4. The summed E-state index contributed by atoms with van der Waals surface area (Å²) in [6.45, 7) is 40.2. The van der Waals surface area contributed by atoms with Crippen molar-refractivity contribution in [2.24, 2.45) is 11.8 Å². The molecule has 11 aliphatic rings. The summed E-state index contributed by atoms with van der Waals surface area (Å²) in [5.41, 5.74) is 0. The lowest BCUT2D eigenvalue weighted by atomic mass is 10.00. The molecule has 0 aromatic carbocycles. The molecule has 11 saturated heterocycles. The van der Waals surface area contributed by atoms with E-state index in [1.54, 1.807) is 0 Å². The maximum Gasteiger partial charge on any atom is 0.0224 e. The van der Waals surface area contributed by atoms with Crippen molar-refractivity contribution in [3.63, 3.8) is 0 Å². The van der Waals surface area contributed by atoms with E-state index in [1.165, 1.54) is 279 Å². The number of fused-ring (bicyclic) bond motifs is 2. The van der Waals surface area contributed by atoms with Gasteiger partial charge in [-0.1, -0.05) is 40.5 Å². The number of piperazine rings is 4. The van der Waals surface area contributed by atoms with Crippen molar-refractivity contribution in [2.45, 2.75) is 136 Å². The number of likely N-dealkylation sites (N-methyl/N-ethyl adjacent to an activating group) is 7. The molecule has 11 rings (SSSR count). The van der Waals surface area contributed by atoms with Gasteiger partial charge in [-0.15, -0.1) is 0 Å². The summed E-state index contributed by atoms with van der Waals surface area (Å²) in [6, 6.07) is 1.79. The van der Waals surface area contributed by atoms with E-state index >= 15 is 0 Å². The van der Waals surface area contributed by atoms with Gasteiger partial charge in [-0.05, 0) is 244 Å². The fourth-order valence-electron chi connectivity index (χ4n) is 11.5. The van der Waals surface area contributed by atoms with Crippen molar-refractivity contribution in [1.82, 2.24) is 69.4 Å². The highest BCUT2D eigenvalue weighted by molar-refractivity contribution is 4.86. The van der Waals surface area contributed by atoms with E-state index in [9.17, 15) is 0 Å². The Morgan fingerprint density at radius 3 is 0.947 bits per heavy atom. The first-order chi connectivity index (χ1) is 35.7. The molecule has 0 bridgehead atoms. The van der Waals surface area contributed by atoms with Crippen molar-refractivity contribution in [2.75, 3.05) is 254 Å². The molecule has 0 aromatic rings. The number of nitrogens with zero attached hydrogens (tertiary/aromatic N) is 12. The molecule has 2 atom stereocenters. The second kappa shape index (κ2) is 44.1. The molecule has 0 aliphatic carbocycles. The number of rotatable bonds is 0. The summed E-state index contributed by atoms with van der Waals surface area (Å²) >= 11 is 0. The fraction of sp³-hybridized carbons (Fsp3) is 1.00. The van der Waals surface area contributed by atoms with Gasteiger partial charge in [0.2, 0.25) is 0 Å². The SMILES string of the molecule is C.CC1CCN(C)CC1.CC1CCNCC1.CN1CCCCC1.CN1CCCCC1.CN1CCCNCC1.CN1CCN(C)CC1.CN1CCN(C)CC1.CN1CCN2CCCC2C1.CN1CCN2CCCCC2C1. The van der Waals surface area contributed by atoms with E-state index in [0.717, 1.165) is 30.5 Å². The van der Waals surface area contributed by atoms with Crippen LogP contribution in [-0.4, -0.2) is 325 Å². The highest BCUT2D eigenvalue weighted by atomic mass is 15.3. The minimum atomic E-state index is 0. The average Bonchev–Trinajstić information content (AvgIpc) is 3.74. The van der Waals surface area contributed by atoms with Gasteiger partial charge in [0.1, 0.15) is 0 Å². The molecule has 11 aliphatic heterocycles. The number of piperidine rings is 5. The summed E-state index contributed by atoms with van der Waals surface area (Å²) in [5, 5.41) is 6.65. The second-order valence-corrected chi connectivity index (χ2v) is 25.3. The molecule has 0 radical (unpaired) electrons. The Bertz CT molecular complexity index is 1120. The molecule has 448 valence electrons. The van der Waals surface area contributed by atoms with Crippen LogP contribution in [0, 0.1) is 11.8 Å². The van der Waals surface area contributed by atoms with Gasteiger partial charge in [0, 0.05) is 117 Å². The predicted molar refractivity (Wildman–Crippen MR) is 330 cm³/mol. The molecule has 0 aromatic heterocycles. The molecule has 2 unspecified atom stereocenters. The first kappa shape index (κ1) is 70.5.